The van der Waals surface area contributed by atoms with Gasteiger partial charge in [-0.05, 0) is 31.8 Å². The van der Waals surface area contributed by atoms with Crippen LogP contribution in [0.3, 0.4) is 0 Å². The molecule has 0 saturated carbocycles. The van der Waals surface area contributed by atoms with E-state index < -0.39 is 0 Å². The lowest BCUT2D eigenvalue weighted by molar-refractivity contribution is 0.444. The molecule has 0 fully saturated rings. The summed E-state index contributed by atoms with van der Waals surface area (Å²) in [4.78, 5) is 2.07. The van der Waals surface area contributed by atoms with Gasteiger partial charge in [0.15, 0.2) is 0 Å². The van der Waals surface area contributed by atoms with Crippen molar-refractivity contribution in [3.63, 3.8) is 0 Å². The monoisotopic (exact) mass is 164 g/mol. The summed E-state index contributed by atoms with van der Waals surface area (Å²) >= 11 is 0. The van der Waals surface area contributed by atoms with E-state index in [0.717, 1.165) is 12.1 Å². The molecule has 0 aliphatic carbocycles. The van der Waals surface area contributed by atoms with Crippen molar-refractivity contribution in [1.29, 1.82) is 0 Å². The molecule has 0 bridgehead atoms. The largest absolute Gasteiger partial charge is 0.508 e. The normalized spacial score (nSPS) is 10.6. The Bertz CT molecular complexity index is 245. The van der Waals surface area contributed by atoms with Crippen LogP contribution in [-0.4, -0.2) is 30.6 Å². The van der Waals surface area contributed by atoms with Gasteiger partial charge >= 0.3 is 0 Å². The molecule has 12 heavy (non-hydrogen) atoms. The summed E-state index contributed by atoms with van der Waals surface area (Å²) in [6.45, 7) is 0.892. The van der Waals surface area contributed by atoms with Crippen molar-refractivity contribution >= 4 is 0 Å². The Morgan fingerprint density at radius 3 is 2.75 bits per heavy atom. The molecular weight excluding hydrogens is 150 g/mol. The number of rotatable bonds is 3. The van der Waals surface area contributed by atoms with Crippen LogP contribution in [0.2, 0.25) is 0 Å². The molecule has 65 valence electrons. The smallest absolute Gasteiger partial charge is 0.115 e. The fourth-order valence-corrected chi connectivity index (χ4v) is 0.940. The molecule has 1 aromatic rings. The van der Waals surface area contributed by atoms with E-state index in [0.29, 0.717) is 5.75 Å². The van der Waals surface area contributed by atoms with Gasteiger partial charge in [-0.25, -0.2) is 0 Å². The standard InChI is InChI=1S/C10H14NO/c1-11(2)7-6-9-4-3-5-10(12)8-9/h3-6,8,12H,7H2,1-2H3. The van der Waals surface area contributed by atoms with Crippen molar-refractivity contribution < 1.29 is 5.11 Å². The summed E-state index contributed by atoms with van der Waals surface area (Å²) in [5.74, 6) is 0.322. The lowest BCUT2D eigenvalue weighted by atomic mass is 10.1. The quantitative estimate of drug-likeness (QED) is 0.732. The van der Waals surface area contributed by atoms with Crippen LogP contribution in [0.25, 0.3) is 0 Å². The first-order chi connectivity index (χ1) is 5.68. The van der Waals surface area contributed by atoms with E-state index in [2.05, 4.69) is 11.3 Å². The van der Waals surface area contributed by atoms with Gasteiger partial charge in [-0.3, -0.25) is 0 Å². The van der Waals surface area contributed by atoms with Crippen molar-refractivity contribution in [1.82, 2.24) is 4.90 Å². The summed E-state index contributed by atoms with van der Waals surface area (Å²) in [5, 5.41) is 9.14. The Labute approximate surface area is 73.4 Å². The Kier molecular flexibility index (Phi) is 3.11. The van der Waals surface area contributed by atoms with Crippen molar-refractivity contribution in [2.45, 2.75) is 0 Å². The molecule has 0 amide bonds. The third kappa shape index (κ3) is 2.93. The molecule has 2 nitrogen and oxygen atoms in total. The van der Waals surface area contributed by atoms with E-state index in [4.69, 9.17) is 5.11 Å². The highest BCUT2D eigenvalue weighted by atomic mass is 16.3. The van der Waals surface area contributed by atoms with Gasteiger partial charge in [0.2, 0.25) is 0 Å². The number of hydrogen-bond donors (Lipinski definition) is 1. The van der Waals surface area contributed by atoms with E-state index in [9.17, 15) is 0 Å². The zero-order valence-electron chi connectivity index (χ0n) is 7.49. The molecule has 1 radical (unpaired) electrons. The van der Waals surface area contributed by atoms with Gasteiger partial charge in [-0.1, -0.05) is 12.1 Å². The van der Waals surface area contributed by atoms with Gasteiger partial charge in [-0.2, -0.15) is 0 Å². The second-order valence-corrected chi connectivity index (χ2v) is 3.06. The van der Waals surface area contributed by atoms with E-state index >= 15 is 0 Å². The molecule has 2 heteroatoms. The van der Waals surface area contributed by atoms with Crippen LogP contribution < -0.4 is 0 Å². The fourth-order valence-electron chi connectivity index (χ4n) is 0.940. The zero-order valence-corrected chi connectivity index (χ0v) is 7.49. The van der Waals surface area contributed by atoms with Gasteiger partial charge in [-0.15, -0.1) is 0 Å². The fraction of sp³-hybridized carbons (Fsp3) is 0.300. The first kappa shape index (κ1) is 9.07. The minimum absolute atomic E-state index is 0.322. The van der Waals surface area contributed by atoms with Crippen molar-refractivity contribution in [2.75, 3.05) is 20.6 Å². The second kappa shape index (κ2) is 4.12. The number of phenols is 1. The number of phenolic OH excluding ortho intramolecular Hbond substituents is 1. The maximum atomic E-state index is 9.14. The lowest BCUT2D eigenvalue weighted by Crippen LogP contribution is -2.13. The Balaban J connectivity index is 2.52. The maximum absolute atomic E-state index is 9.14. The van der Waals surface area contributed by atoms with Crippen LogP contribution in [0.1, 0.15) is 5.56 Å². The van der Waals surface area contributed by atoms with Gasteiger partial charge in [0.05, 0.1) is 0 Å². The molecular formula is C10H14NO. The summed E-state index contributed by atoms with van der Waals surface area (Å²) in [7, 11) is 4.03. The highest BCUT2D eigenvalue weighted by Crippen LogP contribution is 2.12. The molecule has 0 spiro atoms. The summed E-state index contributed by atoms with van der Waals surface area (Å²) in [5.41, 5.74) is 1.06. The number of benzene rings is 1. The minimum atomic E-state index is 0.322. The first-order valence-corrected chi connectivity index (χ1v) is 3.95. The molecule has 0 aliphatic heterocycles. The molecule has 0 aliphatic rings. The highest BCUT2D eigenvalue weighted by Gasteiger charge is 1.95. The number of hydrogen-bond acceptors (Lipinski definition) is 2. The number of aromatic hydroxyl groups is 1. The summed E-state index contributed by atoms with van der Waals surface area (Å²) < 4.78 is 0. The Morgan fingerprint density at radius 1 is 1.42 bits per heavy atom. The molecule has 1 N–H and O–H groups in total. The van der Waals surface area contributed by atoms with E-state index in [1.807, 2.05) is 26.2 Å². The van der Waals surface area contributed by atoms with Gasteiger partial charge < -0.3 is 10.0 Å². The summed E-state index contributed by atoms with van der Waals surface area (Å²) in [6.07, 6.45) is 2.07. The van der Waals surface area contributed by atoms with Crippen LogP contribution in [-0.2, 0) is 0 Å². The Hall–Kier alpha value is -1.02. The van der Waals surface area contributed by atoms with Crippen LogP contribution in [0.15, 0.2) is 24.3 Å². The van der Waals surface area contributed by atoms with Gasteiger partial charge in [0.1, 0.15) is 5.75 Å². The topological polar surface area (TPSA) is 23.5 Å². The van der Waals surface area contributed by atoms with E-state index in [-0.39, 0.29) is 0 Å². The van der Waals surface area contributed by atoms with E-state index in [1.54, 1.807) is 12.1 Å². The van der Waals surface area contributed by atoms with Crippen LogP contribution in [0.5, 0.6) is 5.75 Å². The predicted octanol–water partition coefficient (Wildman–Crippen LogP) is 1.51. The molecule has 0 unspecified atom stereocenters. The molecule has 1 rings (SSSR count). The third-order valence-corrected chi connectivity index (χ3v) is 1.56. The molecule has 1 aromatic carbocycles. The molecule has 0 heterocycles. The van der Waals surface area contributed by atoms with Crippen LogP contribution in [0.4, 0.5) is 0 Å². The Morgan fingerprint density at radius 2 is 2.17 bits per heavy atom. The van der Waals surface area contributed by atoms with Crippen LogP contribution in [0, 0.1) is 6.42 Å². The van der Waals surface area contributed by atoms with Gasteiger partial charge in [0.25, 0.3) is 0 Å². The minimum Gasteiger partial charge on any atom is -0.508 e. The SMILES string of the molecule is CN(C)C[CH]c1cccc(O)c1. The first-order valence-electron chi connectivity index (χ1n) is 3.95. The second-order valence-electron chi connectivity index (χ2n) is 3.06. The van der Waals surface area contributed by atoms with Gasteiger partial charge in [0, 0.05) is 13.0 Å². The van der Waals surface area contributed by atoms with Crippen molar-refractivity contribution in [3.05, 3.63) is 36.2 Å². The zero-order chi connectivity index (χ0) is 8.97. The highest BCUT2D eigenvalue weighted by molar-refractivity contribution is 5.31. The predicted molar refractivity (Wildman–Crippen MR) is 50.1 cm³/mol. The third-order valence-electron chi connectivity index (χ3n) is 1.56. The number of likely N-dealkylation sites (N-methyl/N-ethyl adjacent to an activating group) is 1. The van der Waals surface area contributed by atoms with Crippen molar-refractivity contribution in [2.24, 2.45) is 0 Å². The molecule has 0 aromatic heterocycles. The average molecular weight is 164 g/mol. The summed E-state index contributed by atoms with van der Waals surface area (Å²) in [6, 6.07) is 7.25. The lowest BCUT2D eigenvalue weighted by Gasteiger charge is -2.08. The average Bonchev–Trinajstić information content (AvgIpc) is 2.01. The van der Waals surface area contributed by atoms with E-state index in [1.165, 1.54) is 0 Å². The molecule has 0 saturated heterocycles. The molecule has 0 atom stereocenters. The number of nitrogens with zero attached hydrogens (tertiary/aromatic N) is 1. The van der Waals surface area contributed by atoms with Crippen molar-refractivity contribution in [3.8, 4) is 5.75 Å². The maximum Gasteiger partial charge on any atom is 0.115 e. The van der Waals surface area contributed by atoms with Crippen LogP contribution >= 0.6 is 0 Å².